The molecule has 7 nitrogen and oxygen atoms in total. The SMILES string of the molecule is O=C(O)[C@H](Cc1cccc2c(-c3ncc(CN4CCC[C@H](F)C4)cc3C3CC3)cccc12)NC(=O)C1(C(F)(F)F)CCN(CC(F)(F)F)CC1. The highest BCUT2D eigenvalue weighted by atomic mass is 19.4. The summed E-state index contributed by atoms with van der Waals surface area (Å²) in [4.78, 5) is 33.4. The molecule has 1 saturated carbocycles. The number of carbonyl (C=O) groups excluding carboxylic acids is 1. The third kappa shape index (κ3) is 7.91. The quantitative estimate of drug-likeness (QED) is 0.220. The van der Waals surface area contributed by atoms with Crippen molar-refractivity contribution >= 4 is 22.6 Å². The molecule has 2 aromatic carbocycles. The van der Waals surface area contributed by atoms with Crippen LogP contribution in [0.2, 0.25) is 0 Å². The van der Waals surface area contributed by atoms with Crippen LogP contribution in [0, 0.1) is 5.41 Å². The molecule has 270 valence electrons. The van der Waals surface area contributed by atoms with E-state index in [2.05, 4.69) is 16.3 Å². The van der Waals surface area contributed by atoms with Crippen molar-refractivity contribution in [2.45, 2.75) is 82.0 Å². The number of nitrogens with zero attached hydrogens (tertiary/aromatic N) is 3. The van der Waals surface area contributed by atoms with Crippen molar-refractivity contribution in [2.75, 3.05) is 32.7 Å². The third-order valence-corrected chi connectivity index (χ3v) is 10.2. The summed E-state index contributed by atoms with van der Waals surface area (Å²) in [5.74, 6) is -2.78. The van der Waals surface area contributed by atoms with E-state index in [4.69, 9.17) is 4.98 Å². The maximum Gasteiger partial charge on any atom is 0.403 e. The summed E-state index contributed by atoms with van der Waals surface area (Å²) in [6.45, 7) is -0.832. The fraction of sp³-hybridized carbons (Fsp3) is 0.528. The molecule has 14 heteroatoms. The topological polar surface area (TPSA) is 85.8 Å². The summed E-state index contributed by atoms with van der Waals surface area (Å²) in [6.07, 6.45) is -7.55. The van der Waals surface area contributed by atoms with Gasteiger partial charge in [-0.3, -0.25) is 19.6 Å². The summed E-state index contributed by atoms with van der Waals surface area (Å²) in [5.41, 5.74) is 1.10. The number of aliphatic carboxylic acids is 1. The number of nitrogens with one attached hydrogen (secondary N) is 1. The normalized spacial score (nSPS) is 21.2. The number of pyridine rings is 1. The number of carbonyl (C=O) groups is 2. The second kappa shape index (κ2) is 14.1. The van der Waals surface area contributed by atoms with Crippen LogP contribution in [-0.2, 0) is 22.6 Å². The molecule has 2 atom stereocenters. The number of piperidine rings is 2. The highest BCUT2D eigenvalue weighted by molar-refractivity contribution is 5.99. The first-order chi connectivity index (χ1) is 23.6. The van der Waals surface area contributed by atoms with Gasteiger partial charge in [-0.25, -0.2) is 9.18 Å². The molecule has 2 aliphatic heterocycles. The number of likely N-dealkylation sites (tertiary alicyclic amines) is 2. The highest BCUT2D eigenvalue weighted by Gasteiger charge is 2.61. The Hall–Kier alpha value is -3.78. The van der Waals surface area contributed by atoms with Crippen LogP contribution in [0.5, 0.6) is 0 Å². The molecule has 3 aliphatic rings. The molecule has 1 aliphatic carbocycles. The number of alkyl halides is 7. The van der Waals surface area contributed by atoms with E-state index in [-0.39, 0.29) is 6.42 Å². The number of halogens is 7. The molecule has 0 radical (unpaired) electrons. The second-order valence-electron chi connectivity index (χ2n) is 13.9. The summed E-state index contributed by atoms with van der Waals surface area (Å²) < 4.78 is 95.8. The largest absolute Gasteiger partial charge is 0.480 e. The first kappa shape index (κ1) is 36.0. The first-order valence-corrected chi connectivity index (χ1v) is 16.9. The van der Waals surface area contributed by atoms with Gasteiger partial charge in [-0.1, -0.05) is 42.5 Å². The number of benzene rings is 2. The van der Waals surface area contributed by atoms with Crippen molar-refractivity contribution in [3.63, 3.8) is 0 Å². The van der Waals surface area contributed by atoms with E-state index in [1.165, 1.54) is 0 Å². The van der Waals surface area contributed by atoms with E-state index in [0.29, 0.717) is 36.4 Å². The Morgan fingerprint density at radius 2 is 1.66 bits per heavy atom. The summed E-state index contributed by atoms with van der Waals surface area (Å²) in [6, 6.07) is 11.1. The number of carboxylic acid groups (broad SMARTS) is 1. The maximum absolute atomic E-state index is 14.4. The molecule has 1 aromatic heterocycles. The van der Waals surface area contributed by atoms with Gasteiger partial charge in [0.25, 0.3) is 0 Å². The van der Waals surface area contributed by atoms with E-state index in [1.54, 1.807) is 30.5 Å². The van der Waals surface area contributed by atoms with Crippen LogP contribution >= 0.6 is 0 Å². The van der Waals surface area contributed by atoms with Crippen molar-refractivity contribution in [1.82, 2.24) is 20.1 Å². The Morgan fingerprint density at radius 3 is 2.30 bits per heavy atom. The Morgan fingerprint density at radius 1 is 0.960 bits per heavy atom. The monoisotopic (exact) mass is 708 g/mol. The molecule has 0 bridgehead atoms. The predicted molar refractivity (Wildman–Crippen MR) is 172 cm³/mol. The molecule has 1 amide bonds. The number of hydrogen-bond donors (Lipinski definition) is 2. The van der Waals surface area contributed by atoms with Crippen LogP contribution < -0.4 is 5.32 Å². The molecule has 3 aromatic rings. The predicted octanol–water partition coefficient (Wildman–Crippen LogP) is 7.03. The minimum absolute atomic E-state index is 0.319. The van der Waals surface area contributed by atoms with E-state index in [0.717, 1.165) is 58.5 Å². The number of hydrogen-bond acceptors (Lipinski definition) is 5. The van der Waals surface area contributed by atoms with Crippen molar-refractivity contribution in [3.8, 4) is 11.3 Å². The van der Waals surface area contributed by atoms with Crippen molar-refractivity contribution in [1.29, 1.82) is 0 Å². The number of rotatable bonds is 10. The Bertz CT molecular complexity index is 1720. The average Bonchev–Trinajstić information content (AvgIpc) is 3.89. The molecule has 6 rings (SSSR count). The van der Waals surface area contributed by atoms with Gasteiger partial charge in [0.05, 0.1) is 12.2 Å². The minimum atomic E-state index is -5.11. The smallest absolute Gasteiger partial charge is 0.403 e. The van der Waals surface area contributed by atoms with Gasteiger partial charge in [0.15, 0.2) is 0 Å². The Labute approximate surface area is 284 Å². The standard InChI is InChI=1S/C36H39F7N4O3/c37-25-5-3-13-47(20-25)19-22-16-29(23-9-10-23)31(44-18-22)28-8-2-6-26-24(4-1-7-27(26)28)17-30(32(48)49)45-33(50)34(36(41,42)43)11-14-46(15-12-34)21-35(38,39)40/h1-2,4,6-8,16,18,23,25,30H,3,5,9-15,17,19-21H2,(H,45,50)(H,48,49)/t25-,30-/m0/s1. The minimum Gasteiger partial charge on any atom is -0.480 e. The molecular formula is C36H39F7N4O3. The van der Waals surface area contributed by atoms with E-state index < -0.39 is 74.3 Å². The molecular weight excluding hydrogens is 669 g/mol. The molecule has 0 spiro atoms. The van der Waals surface area contributed by atoms with Crippen LogP contribution in [-0.4, -0.2) is 89.1 Å². The highest BCUT2D eigenvalue weighted by Crippen LogP contribution is 2.48. The van der Waals surface area contributed by atoms with Gasteiger partial charge in [0.2, 0.25) is 5.91 Å². The van der Waals surface area contributed by atoms with E-state index >= 15 is 0 Å². The molecule has 3 fully saturated rings. The van der Waals surface area contributed by atoms with Crippen LogP contribution in [0.25, 0.3) is 22.0 Å². The number of fused-ring (bicyclic) bond motifs is 1. The molecule has 3 heterocycles. The van der Waals surface area contributed by atoms with Crippen molar-refractivity contribution < 1.29 is 45.4 Å². The molecule has 2 saturated heterocycles. The van der Waals surface area contributed by atoms with Gasteiger partial charge in [0.1, 0.15) is 17.6 Å². The molecule has 50 heavy (non-hydrogen) atoms. The average molecular weight is 709 g/mol. The molecule has 0 unspecified atom stereocenters. The van der Waals surface area contributed by atoms with E-state index in [1.807, 2.05) is 12.1 Å². The summed E-state index contributed by atoms with van der Waals surface area (Å²) >= 11 is 0. The zero-order valence-electron chi connectivity index (χ0n) is 27.3. The van der Waals surface area contributed by atoms with Crippen LogP contribution in [0.4, 0.5) is 30.7 Å². The lowest BCUT2D eigenvalue weighted by Gasteiger charge is -2.42. The zero-order valence-corrected chi connectivity index (χ0v) is 27.3. The van der Waals surface area contributed by atoms with Crippen LogP contribution in [0.3, 0.4) is 0 Å². The lowest BCUT2D eigenvalue weighted by molar-refractivity contribution is -0.236. The van der Waals surface area contributed by atoms with Gasteiger partial charge >= 0.3 is 18.3 Å². The van der Waals surface area contributed by atoms with Crippen LogP contribution in [0.1, 0.15) is 61.1 Å². The maximum atomic E-state index is 14.4. The van der Waals surface area contributed by atoms with Crippen LogP contribution in [0.15, 0.2) is 48.7 Å². The number of aromatic nitrogens is 1. The lowest BCUT2D eigenvalue weighted by atomic mass is 9.76. The Kier molecular flexibility index (Phi) is 10.2. The van der Waals surface area contributed by atoms with Gasteiger partial charge < -0.3 is 10.4 Å². The summed E-state index contributed by atoms with van der Waals surface area (Å²) in [5, 5.41) is 13.5. The van der Waals surface area contributed by atoms with Gasteiger partial charge in [-0.15, -0.1) is 0 Å². The lowest BCUT2D eigenvalue weighted by Crippen LogP contribution is -2.59. The van der Waals surface area contributed by atoms with E-state index in [9.17, 15) is 45.4 Å². The fourth-order valence-corrected chi connectivity index (χ4v) is 7.41. The summed E-state index contributed by atoms with van der Waals surface area (Å²) in [7, 11) is 0. The molecule has 2 N–H and O–H groups in total. The van der Waals surface area contributed by atoms with Gasteiger partial charge in [-0.05, 0) is 91.5 Å². The third-order valence-electron chi connectivity index (χ3n) is 10.2. The van der Waals surface area contributed by atoms with Crippen molar-refractivity contribution in [2.24, 2.45) is 5.41 Å². The zero-order chi connectivity index (χ0) is 35.8. The number of amides is 1. The number of carboxylic acids is 1. The second-order valence-corrected chi connectivity index (χ2v) is 13.9. The Balaban J connectivity index is 1.25. The van der Waals surface area contributed by atoms with Crippen molar-refractivity contribution in [3.05, 3.63) is 65.4 Å². The first-order valence-electron chi connectivity index (χ1n) is 16.9. The fourth-order valence-electron chi connectivity index (χ4n) is 7.41. The van der Waals surface area contributed by atoms with Gasteiger partial charge in [-0.2, -0.15) is 26.3 Å². The van der Waals surface area contributed by atoms with Gasteiger partial charge in [0, 0.05) is 31.3 Å².